The third kappa shape index (κ3) is 5.42. The molecule has 1 aromatic rings. The highest BCUT2D eigenvalue weighted by Gasteiger charge is 2.29. The summed E-state index contributed by atoms with van der Waals surface area (Å²) in [5.74, 6) is -0.539. The first-order chi connectivity index (χ1) is 8.79. The third-order valence-corrected chi connectivity index (χ3v) is 2.67. The van der Waals surface area contributed by atoms with Crippen LogP contribution in [0.4, 0.5) is 4.79 Å². The fraction of sp³-hybridized carbons (Fsp3) is 0.429. The van der Waals surface area contributed by atoms with Crippen molar-refractivity contribution in [2.75, 3.05) is 0 Å². The van der Waals surface area contributed by atoms with Gasteiger partial charge in [-0.05, 0) is 17.5 Å². The molecule has 0 saturated heterocycles. The second kappa shape index (κ2) is 6.22. The molecule has 19 heavy (non-hydrogen) atoms. The van der Waals surface area contributed by atoms with E-state index in [4.69, 9.17) is 9.84 Å². The average molecular weight is 265 g/mol. The van der Waals surface area contributed by atoms with Crippen LogP contribution in [0.25, 0.3) is 0 Å². The Morgan fingerprint density at radius 1 is 1.26 bits per heavy atom. The summed E-state index contributed by atoms with van der Waals surface area (Å²) in [6, 6.07) is 8.13. The van der Waals surface area contributed by atoms with E-state index >= 15 is 0 Å². The number of carbonyl (C=O) groups excluding carboxylic acids is 1. The van der Waals surface area contributed by atoms with E-state index in [1.54, 1.807) is 24.3 Å². The minimum Gasteiger partial charge on any atom is -0.481 e. The Hall–Kier alpha value is -2.04. The van der Waals surface area contributed by atoms with Crippen LogP contribution in [0.3, 0.4) is 0 Å². The molecule has 0 aliphatic heterocycles. The maximum atomic E-state index is 11.7. The molecule has 2 N–H and O–H groups in total. The van der Waals surface area contributed by atoms with E-state index in [0.29, 0.717) is 5.75 Å². The largest absolute Gasteiger partial charge is 0.481 e. The molecule has 0 aliphatic carbocycles. The first kappa shape index (κ1) is 15.0. The number of rotatable bonds is 4. The highest BCUT2D eigenvalue weighted by molar-refractivity contribution is 5.73. The lowest BCUT2D eigenvalue weighted by atomic mass is 9.85. The fourth-order valence-corrected chi connectivity index (χ4v) is 1.52. The molecule has 0 bridgehead atoms. The van der Waals surface area contributed by atoms with E-state index < -0.39 is 18.1 Å². The van der Waals surface area contributed by atoms with Crippen LogP contribution in [0.1, 0.15) is 27.2 Å². The number of benzene rings is 1. The fourth-order valence-electron chi connectivity index (χ4n) is 1.52. The number of carbonyl (C=O) groups is 2. The second-order valence-corrected chi connectivity index (χ2v) is 5.36. The van der Waals surface area contributed by atoms with Crippen molar-refractivity contribution in [3.8, 4) is 5.75 Å². The van der Waals surface area contributed by atoms with E-state index in [-0.39, 0.29) is 11.8 Å². The first-order valence-corrected chi connectivity index (χ1v) is 6.04. The minimum atomic E-state index is -0.958. The van der Waals surface area contributed by atoms with Crippen molar-refractivity contribution >= 4 is 12.1 Å². The predicted molar refractivity (Wildman–Crippen MR) is 71.1 cm³/mol. The number of carboxylic acids is 1. The number of ether oxygens (including phenoxy) is 1. The number of para-hydroxylation sites is 1. The van der Waals surface area contributed by atoms with Crippen molar-refractivity contribution in [1.29, 1.82) is 0 Å². The van der Waals surface area contributed by atoms with Gasteiger partial charge in [-0.2, -0.15) is 0 Å². The highest BCUT2D eigenvalue weighted by Crippen LogP contribution is 2.22. The molecule has 0 fully saturated rings. The maximum absolute atomic E-state index is 11.7. The number of hydrogen-bond donors (Lipinski definition) is 2. The lowest BCUT2D eigenvalue weighted by molar-refractivity contribution is -0.138. The quantitative estimate of drug-likeness (QED) is 0.877. The number of hydrogen-bond acceptors (Lipinski definition) is 3. The van der Waals surface area contributed by atoms with Crippen molar-refractivity contribution in [2.24, 2.45) is 5.41 Å². The maximum Gasteiger partial charge on any atom is 0.412 e. The van der Waals surface area contributed by atoms with Crippen LogP contribution in [0, 0.1) is 5.41 Å². The molecule has 0 radical (unpaired) electrons. The lowest BCUT2D eigenvalue weighted by Gasteiger charge is -2.29. The number of nitrogens with one attached hydrogen (secondary N) is 1. The molecule has 0 saturated carbocycles. The van der Waals surface area contributed by atoms with Crippen LogP contribution < -0.4 is 10.1 Å². The Balaban J connectivity index is 2.64. The van der Waals surface area contributed by atoms with Gasteiger partial charge in [0.2, 0.25) is 0 Å². The zero-order valence-corrected chi connectivity index (χ0v) is 11.3. The van der Waals surface area contributed by atoms with Crippen molar-refractivity contribution in [2.45, 2.75) is 33.2 Å². The molecule has 0 aliphatic rings. The predicted octanol–water partition coefficient (Wildman–Crippen LogP) is 2.66. The monoisotopic (exact) mass is 265 g/mol. The standard InChI is InChI=1S/C14H19NO4/c1-14(2,3)11(9-12(16)17)15-13(18)19-10-7-5-4-6-8-10/h4-8,11H,9H2,1-3H3,(H,15,18)(H,16,17). The van der Waals surface area contributed by atoms with Crippen LogP contribution in [-0.4, -0.2) is 23.2 Å². The Kier molecular flexibility index (Phi) is 4.92. The third-order valence-electron chi connectivity index (χ3n) is 2.67. The lowest BCUT2D eigenvalue weighted by Crippen LogP contribution is -2.46. The molecule has 5 nitrogen and oxygen atoms in total. The summed E-state index contributed by atoms with van der Waals surface area (Å²) in [5, 5.41) is 11.5. The molecule has 0 heterocycles. The zero-order chi connectivity index (χ0) is 14.5. The first-order valence-electron chi connectivity index (χ1n) is 6.04. The summed E-state index contributed by atoms with van der Waals surface area (Å²) in [5.41, 5.74) is -0.367. The number of carboxylic acid groups (broad SMARTS) is 1. The number of amides is 1. The Bertz CT molecular complexity index is 437. The Labute approximate surface area is 112 Å². The van der Waals surface area contributed by atoms with E-state index in [1.807, 2.05) is 26.8 Å². The molecule has 1 aromatic carbocycles. The van der Waals surface area contributed by atoms with E-state index in [9.17, 15) is 9.59 Å². The van der Waals surface area contributed by atoms with E-state index in [0.717, 1.165) is 0 Å². The van der Waals surface area contributed by atoms with Crippen LogP contribution in [0.2, 0.25) is 0 Å². The van der Waals surface area contributed by atoms with Crippen molar-refractivity contribution in [3.05, 3.63) is 30.3 Å². The molecule has 1 amide bonds. The molecular weight excluding hydrogens is 246 g/mol. The van der Waals surface area contributed by atoms with Gasteiger partial charge in [0.15, 0.2) is 0 Å². The zero-order valence-electron chi connectivity index (χ0n) is 11.3. The molecule has 0 spiro atoms. The van der Waals surface area contributed by atoms with Crippen LogP contribution in [-0.2, 0) is 4.79 Å². The summed E-state index contributed by atoms with van der Waals surface area (Å²) in [4.78, 5) is 22.5. The van der Waals surface area contributed by atoms with E-state index in [2.05, 4.69) is 5.32 Å². The Morgan fingerprint density at radius 2 is 1.84 bits per heavy atom. The Morgan fingerprint density at radius 3 is 2.32 bits per heavy atom. The van der Waals surface area contributed by atoms with Gasteiger partial charge in [-0.1, -0.05) is 39.0 Å². The van der Waals surface area contributed by atoms with Gasteiger partial charge >= 0.3 is 12.1 Å². The van der Waals surface area contributed by atoms with Gasteiger partial charge in [-0.3, -0.25) is 4.79 Å². The van der Waals surface area contributed by atoms with Crippen molar-refractivity contribution in [1.82, 2.24) is 5.32 Å². The summed E-state index contributed by atoms with van der Waals surface area (Å²) in [7, 11) is 0. The van der Waals surface area contributed by atoms with Crippen LogP contribution in [0.15, 0.2) is 30.3 Å². The van der Waals surface area contributed by atoms with Crippen molar-refractivity contribution < 1.29 is 19.4 Å². The molecule has 1 unspecified atom stereocenters. The van der Waals surface area contributed by atoms with Gasteiger partial charge < -0.3 is 15.2 Å². The summed E-state index contributed by atoms with van der Waals surface area (Å²) in [6.45, 7) is 5.59. The van der Waals surface area contributed by atoms with Gasteiger partial charge in [0.25, 0.3) is 0 Å². The van der Waals surface area contributed by atoms with Crippen LogP contribution in [0.5, 0.6) is 5.75 Å². The van der Waals surface area contributed by atoms with E-state index in [1.165, 1.54) is 0 Å². The molecule has 5 heteroatoms. The molecule has 0 aromatic heterocycles. The average Bonchev–Trinajstić information content (AvgIpc) is 2.27. The van der Waals surface area contributed by atoms with Gasteiger partial charge in [-0.15, -0.1) is 0 Å². The normalized spacial score (nSPS) is 12.6. The minimum absolute atomic E-state index is 0.145. The molecule has 104 valence electrons. The second-order valence-electron chi connectivity index (χ2n) is 5.36. The molecular formula is C14H19NO4. The van der Waals surface area contributed by atoms with Gasteiger partial charge in [0.1, 0.15) is 5.75 Å². The summed E-state index contributed by atoms with van der Waals surface area (Å²) < 4.78 is 5.08. The van der Waals surface area contributed by atoms with Gasteiger partial charge in [0.05, 0.1) is 6.42 Å². The topological polar surface area (TPSA) is 75.6 Å². The summed E-state index contributed by atoms with van der Waals surface area (Å²) in [6.07, 6.45) is -0.791. The highest BCUT2D eigenvalue weighted by atomic mass is 16.6. The van der Waals surface area contributed by atoms with Crippen LogP contribution >= 0.6 is 0 Å². The smallest absolute Gasteiger partial charge is 0.412 e. The van der Waals surface area contributed by atoms with Gasteiger partial charge in [-0.25, -0.2) is 4.79 Å². The number of aliphatic carboxylic acids is 1. The molecule has 1 rings (SSSR count). The summed E-state index contributed by atoms with van der Waals surface area (Å²) >= 11 is 0. The SMILES string of the molecule is CC(C)(C)C(CC(=O)O)NC(=O)Oc1ccccc1. The van der Waals surface area contributed by atoms with Crippen molar-refractivity contribution in [3.63, 3.8) is 0 Å². The molecule has 1 atom stereocenters. The van der Waals surface area contributed by atoms with Gasteiger partial charge in [0, 0.05) is 6.04 Å².